The number of imidazole rings is 1. The van der Waals surface area contributed by atoms with Crippen molar-refractivity contribution in [3.8, 4) is 0 Å². The largest absolute Gasteiger partial charge is 0.386 e. The first-order valence-electron chi connectivity index (χ1n) is 9.04. The average molecular weight is 498 g/mol. The zero-order valence-corrected chi connectivity index (χ0v) is 17.8. The van der Waals surface area contributed by atoms with E-state index in [2.05, 4.69) is 25.9 Å². The number of hydrogen-bond donors (Lipinski definition) is 3. The van der Waals surface area contributed by atoms with Crippen LogP contribution < -0.4 is 11.3 Å². The molecule has 2 aliphatic heterocycles. The van der Waals surface area contributed by atoms with Gasteiger partial charge in [0.2, 0.25) is 5.95 Å². The van der Waals surface area contributed by atoms with E-state index in [0.29, 0.717) is 0 Å². The first-order chi connectivity index (χ1) is 14.4. The highest BCUT2D eigenvalue weighted by atomic mass is 79.9. The number of fused-ring (bicyclic) bond motifs is 2. The van der Waals surface area contributed by atoms with Crippen LogP contribution in [0.1, 0.15) is 11.8 Å². The molecule has 11 nitrogen and oxygen atoms in total. The van der Waals surface area contributed by atoms with Gasteiger partial charge in [0.25, 0.3) is 5.56 Å². The molecule has 0 saturated carbocycles. The molecule has 158 valence electrons. The van der Waals surface area contributed by atoms with Crippen LogP contribution in [0.25, 0.3) is 11.2 Å². The van der Waals surface area contributed by atoms with Crippen molar-refractivity contribution in [1.29, 1.82) is 0 Å². The second-order valence-corrected chi connectivity index (χ2v) is 8.58. The van der Waals surface area contributed by atoms with E-state index < -0.39 is 38.7 Å². The highest BCUT2D eigenvalue weighted by molar-refractivity contribution is 9.10. The van der Waals surface area contributed by atoms with Gasteiger partial charge in [-0.05, 0) is 21.5 Å². The quantitative estimate of drug-likeness (QED) is 0.354. The Bertz CT molecular complexity index is 1160. The lowest BCUT2D eigenvalue weighted by molar-refractivity contribution is -0.0594. The van der Waals surface area contributed by atoms with Crippen LogP contribution in [0, 0.1) is 0 Å². The minimum absolute atomic E-state index is 0.00775. The van der Waals surface area contributed by atoms with E-state index >= 15 is 0 Å². The molecule has 3 unspecified atom stereocenters. The molecule has 0 spiro atoms. The normalized spacial score (nSPS) is 28.7. The van der Waals surface area contributed by atoms with E-state index in [-0.39, 0.29) is 35.0 Å². The van der Waals surface area contributed by atoms with Crippen LogP contribution in [0.15, 0.2) is 39.9 Å². The molecule has 0 radical (unpaired) electrons. The minimum atomic E-state index is -2.07. The number of rotatable bonds is 3. The summed E-state index contributed by atoms with van der Waals surface area (Å²) in [6.45, 7) is 0.320. The van der Waals surface area contributed by atoms with Gasteiger partial charge in [-0.15, -0.1) is 0 Å². The van der Waals surface area contributed by atoms with Gasteiger partial charge >= 0.3 is 8.60 Å². The Morgan fingerprint density at radius 1 is 1.30 bits per heavy atom. The van der Waals surface area contributed by atoms with Crippen LogP contribution in [-0.4, -0.2) is 54.0 Å². The molecule has 1 aromatic carbocycles. The second-order valence-electron chi connectivity index (χ2n) is 6.93. The maximum Gasteiger partial charge on any atom is 0.330 e. The first-order valence-corrected chi connectivity index (χ1v) is 11.0. The predicted octanol–water partition coefficient (Wildman–Crippen LogP) is 0.879. The van der Waals surface area contributed by atoms with Crippen molar-refractivity contribution in [3.05, 3.63) is 51.0 Å². The Balaban J connectivity index is 1.56. The third-order valence-electron chi connectivity index (χ3n) is 5.10. The summed E-state index contributed by atoms with van der Waals surface area (Å²) in [6, 6.07) is 9.39. The van der Waals surface area contributed by atoms with Crippen LogP contribution in [0.2, 0.25) is 0 Å². The molecule has 0 amide bonds. The second kappa shape index (κ2) is 7.65. The van der Waals surface area contributed by atoms with E-state index in [9.17, 15) is 14.8 Å². The van der Waals surface area contributed by atoms with Gasteiger partial charge in [-0.3, -0.25) is 13.9 Å². The number of halogens is 1. The molecule has 2 aliphatic rings. The van der Waals surface area contributed by atoms with Crippen molar-refractivity contribution in [2.24, 2.45) is 0 Å². The molecule has 4 N–H and O–H groups in total. The highest BCUT2D eigenvalue weighted by Crippen LogP contribution is 2.47. The van der Waals surface area contributed by atoms with Crippen molar-refractivity contribution in [2.45, 2.75) is 31.1 Å². The summed E-state index contributed by atoms with van der Waals surface area (Å²) in [6.07, 6.45) is -3.46. The summed E-state index contributed by atoms with van der Waals surface area (Å²) in [7, 11) is -2.07. The molecule has 3 aromatic rings. The van der Waals surface area contributed by atoms with Crippen molar-refractivity contribution < 1.29 is 23.8 Å². The van der Waals surface area contributed by atoms with Gasteiger partial charge in [0, 0.05) is 0 Å². The van der Waals surface area contributed by atoms with Crippen molar-refractivity contribution in [2.75, 3.05) is 12.3 Å². The molecule has 2 saturated heterocycles. The third kappa shape index (κ3) is 3.25. The molecule has 5 atom stereocenters. The number of nitrogens with zero attached hydrogens (tertiary/aromatic N) is 4. The Kier molecular flexibility index (Phi) is 5.10. The SMILES string of the molecule is Nc1nc2c(nc(Br)n2[C@@H]2OC3COP(O)O[C@@H]3C2O)c(=O)n1Cc1ccccc1. The van der Waals surface area contributed by atoms with Crippen LogP contribution in [0.4, 0.5) is 5.95 Å². The standard InChI is InChI=1S/C17H17BrN5O6P/c18-16-20-10-13(21-17(19)22(14(10)25)6-8-4-2-1-3-5-8)23(16)15-11(24)12-9(28-15)7-27-30(26)29-12/h1-5,9,11-12,15,24,26H,6-7H2,(H2,19,21)/t9?,11?,12-,15+,30?/m0/s1. The number of ether oxygens (including phenoxy) is 1. The molecule has 30 heavy (non-hydrogen) atoms. The number of aliphatic hydroxyl groups is 1. The molecule has 2 aromatic heterocycles. The number of anilines is 1. The number of benzene rings is 1. The molecule has 0 aliphatic carbocycles. The van der Waals surface area contributed by atoms with Gasteiger partial charge < -0.3 is 29.5 Å². The topological polar surface area (TPSA) is 147 Å². The Labute approximate surface area is 179 Å². The van der Waals surface area contributed by atoms with Gasteiger partial charge in [0.15, 0.2) is 22.1 Å². The zero-order chi connectivity index (χ0) is 21.0. The van der Waals surface area contributed by atoms with Crippen LogP contribution >= 0.6 is 24.5 Å². The maximum atomic E-state index is 13.1. The summed E-state index contributed by atoms with van der Waals surface area (Å²) in [5.74, 6) is 0.00775. The van der Waals surface area contributed by atoms with Gasteiger partial charge in [0.1, 0.15) is 18.3 Å². The number of nitrogen functional groups attached to an aromatic ring is 1. The molecular weight excluding hydrogens is 481 g/mol. The predicted molar refractivity (Wildman–Crippen MR) is 109 cm³/mol. The molecule has 2 fully saturated rings. The summed E-state index contributed by atoms with van der Waals surface area (Å²) >= 11 is 3.32. The molecule has 4 heterocycles. The van der Waals surface area contributed by atoms with E-state index in [4.69, 9.17) is 19.5 Å². The molecular formula is C17H17BrN5O6P. The summed E-state index contributed by atoms with van der Waals surface area (Å²) in [4.78, 5) is 31.3. The van der Waals surface area contributed by atoms with Crippen molar-refractivity contribution >= 4 is 41.6 Å². The van der Waals surface area contributed by atoms with E-state index in [1.54, 1.807) is 0 Å². The lowest BCUT2D eigenvalue weighted by atomic mass is 10.1. The fraction of sp³-hybridized carbons (Fsp3) is 0.353. The van der Waals surface area contributed by atoms with Gasteiger partial charge in [-0.2, -0.15) is 4.98 Å². The number of aliphatic hydroxyl groups excluding tert-OH is 1. The lowest BCUT2D eigenvalue weighted by Gasteiger charge is -2.27. The molecule has 5 rings (SSSR count). The maximum absolute atomic E-state index is 13.1. The summed E-state index contributed by atoms with van der Waals surface area (Å²) < 4.78 is 19.3. The van der Waals surface area contributed by atoms with Gasteiger partial charge in [0.05, 0.1) is 13.2 Å². The summed E-state index contributed by atoms with van der Waals surface area (Å²) in [5.41, 5.74) is 6.83. The van der Waals surface area contributed by atoms with E-state index in [1.165, 1.54) is 9.13 Å². The number of aromatic nitrogens is 4. The zero-order valence-electron chi connectivity index (χ0n) is 15.3. The van der Waals surface area contributed by atoms with Crippen molar-refractivity contribution in [3.63, 3.8) is 0 Å². The molecule has 0 bridgehead atoms. The van der Waals surface area contributed by atoms with Gasteiger partial charge in [-0.1, -0.05) is 30.3 Å². The smallest absolute Gasteiger partial charge is 0.330 e. The van der Waals surface area contributed by atoms with E-state index in [0.717, 1.165) is 5.56 Å². The monoisotopic (exact) mass is 497 g/mol. The number of hydrogen-bond acceptors (Lipinski definition) is 9. The lowest BCUT2D eigenvalue weighted by Crippen LogP contribution is -2.38. The Morgan fingerprint density at radius 2 is 2.07 bits per heavy atom. The fourth-order valence-electron chi connectivity index (χ4n) is 3.66. The summed E-state index contributed by atoms with van der Waals surface area (Å²) in [5, 5.41) is 10.7. The number of nitrogens with two attached hydrogens (primary N) is 1. The van der Waals surface area contributed by atoms with Crippen molar-refractivity contribution in [1.82, 2.24) is 19.1 Å². The van der Waals surface area contributed by atoms with Crippen LogP contribution in [-0.2, 0) is 20.3 Å². The molecule has 13 heteroatoms. The highest BCUT2D eigenvalue weighted by Gasteiger charge is 2.50. The Hall–Kier alpha value is -1.92. The first kappa shape index (κ1) is 20.0. The van der Waals surface area contributed by atoms with Crippen LogP contribution in [0.3, 0.4) is 0 Å². The van der Waals surface area contributed by atoms with Crippen LogP contribution in [0.5, 0.6) is 0 Å². The third-order valence-corrected chi connectivity index (χ3v) is 6.45. The van der Waals surface area contributed by atoms with E-state index in [1.807, 2.05) is 30.3 Å². The minimum Gasteiger partial charge on any atom is -0.386 e. The average Bonchev–Trinajstić information content (AvgIpc) is 3.22. The Morgan fingerprint density at radius 3 is 2.83 bits per heavy atom. The van der Waals surface area contributed by atoms with Gasteiger partial charge in [-0.25, -0.2) is 4.98 Å². The fourth-order valence-corrected chi connectivity index (χ4v) is 5.01.